The quantitative estimate of drug-likeness (QED) is 0.748. The third-order valence-electron chi connectivity index (χ3n) is 5.65. The van der Waals surface area contributed by atoms with Gasteiger partial charge in [0.2, 0.25) is 10.0 Å². The van der Waals surface area contributed by atoms with E-state index in [0.29, 0.717) is 12.1 Å². The van der Waals surface area contributed by atoms with Crippen molar-refractivity contribution in [2.24, 2.45) is 0 Å². The van der Waals surface area contributed by atoms with Gasteiger partial charge in [-0.2, -0.15) is 4.31 Å². The molecule has 0 aliphatic carbocycles. The van der Waals surface area contributed by atoms with Gasteiger partial charge in [0, 0.05) is 18.0 Å². The lowest BCUT2D eigenvalue weighted by molar-refractivity contribution is -0.120. The van der Waals surface area contributed by atoms with Gasteiger partial charge in [0.25, 0.3) is 5.91 Å². The molecule has 3 aliphatic rings. The summed E-state index contributed by atoms with van der Waals surface area (Å²) in [5.74, 6) is -0.341. The molecular weight excluding hydrogens is 354 g/mol. The molecule has 2 bridgehead atoms. The van der Waals surface area contributed by atoms with Gasteiger partial charge in [0.05, 0.1) is 18.0 Å². The van der Waals surface area contributed by atoms with E-state index >= 15 is 0 Å². The van der Waals surface area contributed by atoms with Crippen molar-refractivity contribution in [2.75, 3.05) is 17.7 Å². The lowest BCUT2D eigenvalue weighted by Gasteiger charge is -2.33. The van der Waals surface area contributed by atoms with Crippen LogP contribution >= 0.6 is 0 Å². The number of carbonyl (C=O) groups excluding carboxylic acids is 2. The first kappa shape index (κ1) is 15.8. The van der Waals surface area contributed by atoms with Crippen LogP contribution in [0.25, 0.3) is 10.8 Å². The second kappa shape index (κ2) is 5.05. The van der Waals surface area contributed by atoms with Crippen LogP contribution in [0.3, 0.4) is 0 Å². The first-order chi connectivity index (χ1) is 12.4. The Bertz CT molecular complexity index is 1060. The van der Waals surface area contributed by atoms with Crippen molar-refractivity contribution in [2.45, 2.75) is 24.5 Å². The summed E-state index contributed by atoms with van der Waals surface area (Å²) in [6.45, 7) is 0.266. The summed E-state index contributed by atoms with van der Waals surface area (Å²) in [4.78, 5) is 29.0. The number of hydrogen-bond acceptors (Lipinski definition) is 4. The minimum absolute atomic E-state index is 0.240. The van der Waals surface area contributed by atoms with Crippen molar-refractivity contribution in [1.29, 1.82) is 0 Å². The van der Waals surface area contributed by atoms with Gasteiger partial charge in [-0.05, 0) is 17.9 Å². The summed E-state index contributed by atoms with van der Waals surface area (Å²) in [5, 5.41) is 1.77. The van der Waals surface area contributed by atoms with Crippen LogP contribution in [-0.2, 0) is 14.8 Å². The van der Waals surface area contributed by atoms with E-state index in [2.05, 4.69) is 0 Å². The molecule has 0 N–H and O–H groups in total. The number of piperazine rings is 1. The molecule has 26 heavy (non-hydrogen) atoms. The predicted octanol–water partition coefficient (Wildman–Crippen LogP) is 1.39. The number of anilines is 1. The Morgan fingerprint density at radius 1 is 1.04 bits per heavy atom. The van der Waals surface area contributed by atoms with Gasteiger partial charge in [-0.25, -0.2) is 18.1 Å². The highest BCUT2D eigenvalue weighted by Gasteiger charge is 2.63. The molecule has 3 aliphatic heterocycles. The Morgan fingerprint density at radius 2 is 1.77 bits per heavy atom. The lowest BCUT2D eigenvalue weighted by atomic mass is 10.1. The molecule has 5 rings (SSSR count). The Kier molecular flexibility index (Phi) is 3.06. The molecule has 7 nitrogen and oxygen atoms in total. The Balaban J connectivity index is 1.60. The van der Waals surface area contributed by atoms with E-state index in [4.69, 9.17) is 0 Å². The number of rotatable bonds is 2. The molecule has 2 aromatic rings. The van der Waals surface area contributed by atoms with Crippen LogP contribution in [-0.4, -0.2) is 60.5 Å². The van der Waals surface area contributed by atoms with Crippen molar-refractivity contribution >= 4 is 38.4 Å². The lowest BCUT2D eigenvalue weighted by Crippen LogP contribution is -2.54. The molecule has 0 aromatic heterocycles. The average molecular weight is 371 g/mol. The van der Waals surface area contributed by atoms with Gasteiger partial charge in [0.15, 0.2) is 0 Å². The smallest absolute Gasteiger partial charge is 0.306 e. The summed E-state index contributed by atoms with van der Waals surface area (Å²) in [6.07, 6.45) is 1.68. The Labute approximate surface area is 150 Å². The predicted molar refractivity (Wildman–Crippen MR) is 96.2 cm³/mol. The molecule has 3 heterocycles. The molecule has 0 spiro atoms. The van der Waals surface area contributed by atoms with E-state index in [1.807, 2.05) is 36.4 Å². The van der Waals surface area contributed by atoms with Gasteiger partial charge in [-0.3, -0.25) is 4.79 Å². The fourth-order valence-corrected chi connectivity index (χ4v) is 5.76. The number of benzene rings is 2. The summed E-state index contributed by atoms with van der Waals surface area (Å²) in [7, 11) is -3.41. The SMILES string of the molecule is CS(=O)(=O)N1C[C@H]2CC1[C@H]1C(=O)N(c3cccc4ccccc34)C(=O)N21. The highest BCUT2D eigenvalue weighted by Crippen LogP contribution is 2.44. The molecule has 0 saturated carbocycles. The van der Waals surface area contributed by atoms with E-state index in [1.165, 1.54) is 9.21 Å². The van der Waals surface area contributed by atoms with Crippen LogP contribution in [0.4, 0.5) is 10.5 Å². The molecule has 8 heteroatoms. The second-order valence-electron chi connectivity index (χ2n) is 7.10. The number of imide groups is 1. The number of amides is 3. The number of nitrogens with zero attached hydrogens (tertiary/aromatic N) is 3. The van der Waals surface area contributed by atoms with Crippen LogP contribution < -0.4 is 4.90 Å². The van der Waals surface area contributed by atoms with E-state index in [0.717, 1.165) is 17.0 Å². The Hall–Kier alpha value is -2.45. The molecule has 2 aromatic carbocycles. The minimum atomic E-state index is -3.41. The Morgan fingerprint density at radius 3 is 2.54 bits per heavy atom. The maximum atomic E-state index is 13.1. The van der Waals surface area contributed by atoms with Crippen molar-refractivity contribution in [3.63, 3.8) is 0 Å². The molecule has 1 unspecified atom stereocenters. The number of sulfonamides is 1. The number of urea groups is 1. The van der Waals surface area contributed by atoms with E-state index < -0.39 is 22.1 Å². The fourth-order valence-electron chi connectivity index (χ4n) is 4.62. The second-order valence-corrected chi connectivity index (χ2v) is 9.03. The zero-order chi connectivity index (χ0) is 18.2. The van der Waals surface area contributed by atoms with Gasteiger partial charge in [-0.15, -0.1) is 0 Å². The van der Waals surface area contributed by atoms with Gasteiger partial charge in [0.1, 0.15) is 6.04 Å². The molecule has 3 atom stereocenters. The first-order valence-corrected chi connectivity index (χ1v) is 10.3. The van der Waals surface area contributed by atoms with Gasteiger partial charge in [-0.1, -0.05) is 36.4 Å². The monoisotopic (exact) mass is 371 g/mol. The summed E-state index contributed by atoms with van der Waals surface area (Å²) < 4.78 is 25.4. The first-order valence-electron chi connectivity index (χ1n) is 8.49. The average Bonchev–Trinajstić information content (AvgIpc) is 3.26. The summed E-state index contributed by atoms with van der Waals surface area (Å²) in [5.41, 5.74) is 0.554. The standard InChI is InChI=1S/C18H17N3O4S/c1-26(24,25)19-10-12-9-15(19)16-17(22)21(18(23)20(12)16)14-8-4-6-11-5-2-3-7-13(11)14/h2-8,12,15-16H,9-10H2,1H3/t12-,15?,16+/m1/s1. The van der Waals surface area contributed by atoms with Crippen LogP contribution in [0, 0.1) is 0 Å². The normalized spacial score (nSPS) is 28.4. The summed E-state index contributed by atoms with van der Waals surface area (Å²) in [6, 6.07) is 11.3. The van der Waals surface area contributed by atoms with Gasteiger partial charge < -0.3 is 4.90 Å². The zero-order valence-corrected chi connectivity index (χ0v) is 14.9. The van der Waals surface area contributed by atoms with Crippen LogP contribution in [0.1, 0.15) is 6.42 Å². The third kappa shape index (κ3) is 1.94. The van der Waals surface area contributed by atoms with Crippen molar-refractivity contribution < 1.29 is 18.0 Å². The van der Waals surface area contributed by atoms with Crippen LogP contribution in [0.2, 0.25) is 0 Å². The third-order valence-corrected chi connectivity index (χ3v) is 6.92. The number of carbonyl (C=O) groups is 2. The molecular formula is C18H17N3O4S. The van der Waals surface area contributed by atoms with Gasteiger partial charge >= 0.3 is 6.03 Å². The van der Waals surface area contributed by atoms with Crippen molar-refractivity contribution in [1.82, 2.24) is 9.21 Å². The van der Waals surface area contributed by atoms with Crippen LogP contribution in [0.5, 0.6) is 0 Å². The molecule has 3 saturated heterocycles. The van der Waals surface area contributed by atoms with E-state index in [-0.39, 0.29) is 24.5 Å². The molecule has 3 fully saturated rings. The highest BCUT2D eigenvalue weighted by atomic mass is 32.2. The summed E-state index contributed by atoms with van der Waals surface area (Å²) >= 11 is 0. The molecule has 0 radical (unpaired) electrons. The minimum Gasteiger partial charge on any atom is -0.306 e. The topological polar surface area (TPSA) is 78.0 Å². The largest absolute Gasteiger partial charge is 0.332 e. The maximum Gasteiger partial charge on any atom is 0.332 e. The zero-order valence-electron chi connectivity index (χ0n) is 14.1. The van der Waals surface area contributed by atoms with Crippen LogP contribution in [0.15, 0.2) is 42.5 Å². The number of hydrogen-bond donors (Lipinski definition) is 0. The number of fused-ring (bicyclic) bond motifs is 6. The van der Waals surface area contributed by atoms with Crippen molar-refractivity contribution in [3.05, 3.63) is 42.5 Å². The molecule has 134 valence electrons. The highest BCUT2D eigenvalue weighted by molar-refractivity contribution is 7.88. The van der Waals surface area contributed by atoms with E-state index in [1.54, 1.807) is 11.0 Å². The fraction of sp³-hybridized carbons (Fsp3) is 0.333. The van der Waals surface area contributed by atoms with Crippen molar-refractivity contribution in [3.8, 4) is 0 Å². The van der Waals surface area contributed by atoms with E-state index in [9.17, 15) is 18.0 Å². The molecule has 3 amide bonds. The maximum absolute atomic E-state index is 13.1.